The van der Waals surface area contributed by atoms with Gasteiger partial charge in [-0.2, -0.15) is 0 Å². The molecule has 0 aliphatic carbocycles. The Hall–Kier alpha value is -2.37. The first-order valence-corrected chi connectivity index (χ1v) is 7.05. The zero-order valence-electron chi connectivity index (χ0n) is 11.8. The number of carbonyl (C=O) groups is 2. The second-order valence-corrected chi connectivity index (χ2v) is 5.49. The van der Waals surface area contributed by atoms with E-state index < -0.39 is 12.0 Å². The molecule has 3 heterocycles. The largest absolute Gasteiger partial charge is 0.480 e. The van der Waals surface area contributed by atoms with Gasteiger partial charge in [0.15, 0.2) is 0 Å². The lowest BCUT2D eigenvalue weighted by Crippen LogP contribution is -2.52. The Morgan fingerprint density at radius 1 is 1.38 bits per heavy atom. The van der Waals surface area contributed by atoms with Crippen molar-refractivity contribution in [1.82, 2.24) is 14.3 Å². The first-order valence-electron chi connectivity index (χ1n) is 7.05. The Balaban J connectivity index is 1.94. The van der Waals surface area contributed by atoms with Crippen molar-refractivity contribution in [1.29, 1.82) is 0 Å². The normalized spacial score (nSPS) is 22.4. The predicted octanol–water partition coefficient (Wildman–Crippen LogP) is 1.66. The number of carboxylic acid groups (broad SMARTS) is 1. The standard InChI is InChI=1S/C15H17N3O3/c1-10-5-4-8-18(13(10)15(20)21)14(19)11-9-17-7-3-2-6-12(17)16-11/h2-3,6-7,9-10,13H,4-5,8H2,1H3,(H,20,21). The molecule has 2 aromatic rings. The number of fused-ring (bicyclic) bond motifs is 1. The fraction of sp³-hybridized carbons (Fsp3) is 0.400. The van der Waals surface area contributed by atoms with Crippen LogP contribution in [0.1, 0.15) is 30.3 Å². The summed E-state index contributed by atoms with van der Waals surface area (Å²) in [6.45, 7) is 2.34. The summed E-state index contributed by atoms with van der Waals surface area (Å²) in [5.41, 5.74) is 0.972. The van der Waals surface area contributed by atoms with E-state index in [0.717, 1.165) is 12.8 Å². The molecule has 0 aromatic carbocycles. The smallest absolute Gasteiger partial charge is 0.326 e. The lowest BCUT2D eigenvalue weighted by molar-refractivity contribution is -0.145. The summed E-state index contributed by atoms with van der Waals surface area (Å²) in [5, 5.41) is 9.40. The first kappa shape index (κ1) is 13.6. The second-order valence-electron chi connectivity index (χ2n) is 5.49. The predicted molar refractivity (Wildman–Crippen MR) is 76.1 cm³/mol. The molecule has 1 saturated heterocycles. The minimum Gasteiger partial charge on any atom is -0.480 e. The van der Waals surface area contributed by atoms with Crippen molar-refractivity contribution in [2.24, 2.45) is 5.92 Å². The quantitative estimate of drug-likeness (QED) is 0.911. The molecule has 2 aromatic heterocycles. The average molecular weight is 287 g/mol. The number of likely N-dealkylation sites (tertiary alicyclic amines) is 1. The highest BCUT2D eigenvalue weighted by Crippen LogP contribution is 2.25. The molecule has 2 unspecified atom stereocenters. The number of imidazole rings is 1. The molecule has 3 rings (SSSR count). The van der Waals surface area contributed by atoms with Gasteiger partial charge in [-0.05, 0) is 30.9 Å². The van der Waals surface area contributed by atoms with Crippen molar-refractivity contribution < 1.29 is 14.7 Å². The maximum atomic E-state index is 12.6. The fourth-order valence-electron chi connectivity index (χ4n) is 2.98. The van der Waals surface area contributed by atoms with Crippen LogP contribution in [0.2, 0.25) is 0 Å². The fourth-order valence-corrected chi connectivity index (χ4v) is 2.98. The zero-order chi connectivity index (χ0) is 15.0. The molecule has 1 amide bonds. The van der Waals surface area contributed by atoms with Gasteiger partial charge in [-0.15, -0.1) is 0 Å². The number of rotatable bonds is 2. The Kier molecular flexibility index (Phi) is 3.37. The summed E-state index contributed by atoms with van der Waals surface area (Å²) < 4.78 is 1.76. The maximum absolute atomic E-state index is 12.6. The third-order valence-electron chi connectivity index (χ3n) is 4.03. The van der Waals surface area contributed by atoms with E-state index in [-0.39, 0.29) is 11.8 Å². The number of hydrogen-bond donors (Lipinski definition) is 1. The van der Waals surface area contributed by atoms with Crippen molar-refractivity contribution in [2.75, 3.05) is 6.54 Å². The Morgan fingerprint density at radius 2 is 2.19 bits per heavy atom. The SMILES string of the molecule is CC1CCCN(C(=O)c2cn3ccccc3n2)C1C(=O)O. The zero-order valence-corrected chi connectivity index (χ0v) is 11.8. The summed E-state index contributed by atoms with van der Waals surface area (Å²) in [7, 11) is 0. The van der Waals surface area contributed by atoms with Crippen molar-refractivity contribution in [3.63, 3.8) is 0 Å². The highest BCUT2D eigenvalue weighted by Gasteiger charge is 2.38. The van der Waals surface area contributed by atoms with Crippen LogP contribution in [0.3, 0.4) is 0 Å². The summed E-state index contributed by atoms with van der Waals surface area (Å²) >= 11 is 0. The van der Waals surface area contributed by atoms with Crippen LogP contribution in [-0.4, -0.2) is 43.9 Å². The molecular weight excluding hydrogens is 270 g/mol. The molecule has 110 valence electrons. The number of aromatic nitrogens is 2. The maximum Gasteiger partial charge on any atom is 0.326 e. The molecular formula is C15H17N3O3. The molecule has 6 nitrogen and oxygen atoms in total. The van der Waals surface area contributed by atoms with Gasteiger partial charge in [0.2, 0.25) is 0 Å². The molecule has 0 bridgehead atoms. The Bertz CT molecular complexity index is 661. The van der Waals surface area contributed by atoms with E-state index in [2.05, 4.69) is 4.98 Å². The van der Waals surface area contributed by atoms with Gasteiger partial charge in [-0.3, -0.25) is 4.79 Å². The molecule has 1 N–H and O–H groups in total. The van der Waals surface area contributed by atoms with Crippen LogP contribution < -0.4 is 0 Å². The van der Waals surface area contributed by atoms with E-state index in [1.165, 1.54) is 4.90 Å². The molecule has 2 atom stereocenters. The summed E-state index contributed by atoms with van der Waals surface area (Å²) in [6, 6.07) is 4.74. The van der Waals surface area contributed by atoms with Crippen molar-refractivity contribution in [3.8, 4) is 0 Å². The van der Waals surface area contributed by atoms with Gasteiger partial charge < -0.3 is 14.4 Å². The number of carboxylic acids is 1. The highest BCUT2D eigenvalue weighted by atomic mass is 16.4. The molecule has 0 saturated carbocycles. The minimum atomic E-state index is -0.945. The molecule has 1 aliphatic heterocycles. The third kappa shape index (κ3) is 2.37. The van der Waals surface area contributed by atoms with Crippen LogP contribution in [0.15, 0.2) is 30.6 Å². The van der Waals surface area contributed by atoms with E-state index in [4.69, 9.17) is 0 Å². The number of nitrogens with zero attached hydrogens (tertiary/aromatic N) is 3. The third-order valence-corrected chi connectivity index (χ3v) is 4.03. The Labute approximate surface area is 122 Å². The van der Waals surface area contributed by atoms with Gasteiger partial charge in [-0.25, -0.2) is 9.78 Å². The van der Waals surface area contributed by atoms with Crippen molar-refractivity contribution >= 4 is 17.5 Å². The number of carbonyl (C=O) groups excluding carboxylic acids is 1. The van der Waals surface area contributed by atoms with Crippen LogP contribution in [0.25, 0.3) is 5.65 Å². The van der Waals surface area contributed by atoms with E-state index in [9.17, 15) is 14.7 Å². The molecule has 0 spiro atoms. The summed E-state index contributed by atoms with van der Waals surface area (Å²) in [6.07, 6.45) is 5.11. The number of pyridine rings is 1. The summed E-state index contributed by atoms with van der Waals surface area (Å²) in [5.74, 6) is -1.30. The van der Waals surface area contributed by atoms with Crippen LogP contribution in [0.5, 0.6) is 0 Å². The molecule has 1 fully saturated rings. The molecule has 6 heteroatoms. The average Bonchev–Trinajstić information content (AvgIpc) is 2.89. The number of amides is 1. The Morgan fingerprint density at radius 3 is 2.90 bits per heavy atom. The van der Waals surface area contributed by atoms with Gasteiger partial charge in [0.25, 0.3) is 5.91 Å². The van der Waals surface area contributed by atoms with E-state index >= 15 is 0 Å². The lowest BCUT2D eigenvalue weighted by Gasteiger charge is -2.36. The summed E-state index contributed by atoms with van der Waals surface area (Å²) in [4.78, 5) is 29.8. The molecule has 21 heavy (non-hydrogen) atoms. The van der Waals surface area contributed by atoms with Crippen LogP contribution in [0.4, 0.5) is 0 Å². The number of piperidine rings is 1. The van der Waals surface area contributed by atoms with E-state index in [0.29, 0.717) is 17.9 Å². The van der Waals surface area contributed by atoms with Crippen molar-refractivity contribution in [2.45, 2.75) is 25.8 Å². The van der Waals surface area contributed by atoms with Gasteiger partial charge in [0.05, 0.1) is 0 Å². The van der Waals surface area contributed by atoms with Crippen molar-refractivity contribution in [3.05, 3.63) is 36.3 Å². The van der Waals surface area contributed by atoms with E-state index in [1.54, 1.807) is 10.6 Å². The minimum absolute atomic E-state index is 0.0442. The lowest BCUT2D eigenvalue weighted by atomic mass is 9.90. The number of hydrogen-bond acceptors (Lipinski definition) is 3. The highest BCUT2D eigenvalue weighted by molar-refractivity contribution is 5.95. The van der Waals surface area contributed by atoms with Gasteiger partial charge >= 0.3 is 5.97 Å². The van der Waals surface area contributed by atoms with E-state index in [1.807, 2.05) is 31.3 Å². The van der Waals surface area contributed by atoms with Crippen LogP contribution in [0, 0.1) is 5.92 Å². The van der Waals surface area contributed by atoms with Crippen LogP contribution >= 0.6 is 0 Å². The molecule has 1 aliphatic rings. The second kappa shape index (κ2) is 5.20. The van der Waals surface area contributed by atoms with Gasteiger partial charge in [0, 0.05) is 18.9 Å². The van der Waals surface area contributed by atoms with Crippen LogP contribution in [-0.2, 0) is 4.79 Å². The first-order chi connectivity index (χ1) is 10.1. The molecule has 0 radical (unpaired) electrons. The van der Waals surface area contributed by atoms with Gasteiger partial charge in [0.1, 0.15) is 17.4 Å². The number of aliphatic carboxylic acids is 1. The monoisotopic (exact) mass is 287 g/mol. The topological polar surface area (TPSA) is 74.9 Å². The van der Waals surface area contributed by atoms with Gasteiger partial charge in [-0.1, -0.05) is 13.0 Å².